The van der Waals surface area contributed by atoms with Crippen LogP contribution in [0.4, 0.5) is 0 Å². The zero-order chi connectivity index (χ0) is 18.5. The largest absolute Gasteiger partial charge is 0.484 e. The highest BCUT2D eigenvalue weighted by Crippen LogP contribution is 2.30. The van der Waals surface area contributed by atoms with Crippen molar-refractivity contribution < 1.29 is 9.53 Å². The van der Waals surface area contributed by atoms with Crippen molar-refractivity contribution in [2.24, 2.45) is 0 Å². The zero-order valence-corrected chi connectivity index (χ0v) is 16.2. The Morgan fingerprint density at radius 1 is 1.19 bits per heavy atom. The summed E-state index contributed by atoms with van der Waals surface area (Å²) in [5.74, 6) is 0.388. The topological polar surface area (TPSA) is 51.2 Å². The molecule has 0 spiro atoms. The van der Waals surface area contributed by atoms with E-state index in [0.29, 0.717) is 17.3 Å². The van der Waals surface area contributed by atoms with Gasteiger partial charge in [0, 0.05) is 15.5 Å². The third kappa shape index (κ3) is 4.62. The summed E-state index contributed by atoms with van der Waals surface area (Å²) in [6.45, 7) is 4.42. The van der Waals surface area contributed by atoms with Crippen LogP contribution in [0.2, 0.25) is 5.02 Å². The van der Waals surface area contributed by atoms with Gasteiger partial charge >= 0.3 is 0 Å². The van der Waals surface area contributed by atoms with Crippen LogP contribution in [0.5, 0.6) is 5.75 Å². The molecular formula is C20H19ClN2O2S. The second-order valence-electron chi connectivity index (χ2n) is 5.87. The van der Waals surface area contributed by atoms with Gasteiger partial charge in [-0.2, -0.15) is 0 Å². The van der Waals surface area contributed by atoms with Crippen molar-refractivity contribution in [2.75, 3.05) is 6.61 Å². The van der Waals surface area contributed by atoms with E-state index < -0.39 is 0 Å². The van der Waals surface area contributed by atoms with Gasteiger partial charge in [-0.25, -0.2) is 4.98 Å². The number of halogens is 1. The van der Waals surface area contributed by atoms with Gasteiger partial charge in [0.2, 0.25) is 0 Å². The lowest BCUT2D eigenvalue weighted by molar-refractivity contribution is -0.123. The summed E-state index contributed by atoms with van der Waals surface area (Å²) in [6.07, 6.45) is 0. The lowest BCUT2D eigenvalue weighted by atomic mass is 10.1. The molecule has 0 radical (unpaired) electrons. The fraction of sp³-hybridized carbons (Fsp3) is 0.200. The van der Waals surface area contributed by atoms with Crippen LogP contribution in [0.1, 0.15) is 16.1 Å². The van der Waals surface area contributed by atoms with Gasteiger partial charge in [-0.1, -0.05) is 41.9 Å². The highest BCUT2D eigenvalue weighted by atomic mass is 35.5. The minimum atomic E-state index is -0.185. The first-order valence-corrected chi connectivity index (χ1v) is 9.40. The lowest BCUT2D eigenvalue weighted by Crippen LogP contribution is -2.28. The first-order chi connectivity index (χ1) is 12.5. The molecule has 0 saturated carbocycles. The van der Waals surface area contributed by atoms with E-state index in [2.05, 4.69) is 29.4 Å². The molecule has 0 aliphatic heterocycles. The molecule has 26 heavy (non-hydrogen) atoms. The lowest BCUT2D eigenvalue weighted by Gasteiger charge is -2.07. The molecular weight excluding hydrogens is 368 g/mol. The summed E-state index contributed by atoms with van der Waals surface area (Å²) >= 11 is 7.50. The van der Waals surface area contributed by atoms with Crippen LogP contribution in [0.3, 0.4) is 0 Å². The number of benzene rings is 2. The van der Waals surface area contributed by atoms with Gasteiger partial charge in [0.15, 0.2) is 6.61 Å². The molecule has 1 heterocycles. The maximum absolute atomic E-state index is 12.0. The van der Waals surface area contributed by atoms with Crippen molar-refractivity contribution in [3.63, 3.8) is 0 Å². The van der Waals surface area contributed by atoms with E-state index in [9.17, 15) is 4.79 Å². The number of aromatic nitrogens is 1. The van der Waals surface area contributed by atoms with Crippen molar-refractivity contribution >= 4 is 28.8 Å². The Balaban J connectivity index is 1.58. The van der Waals surface area contributed by atoms with E-state index in [1.54, 1.807) is 35.6 Å². The minimum Gasteiger partial charge on any atom is -0.484 e. The number of carbonyl (C=O) groups is 1. The van der Waals surface area contributed by atoms with E-state index in [1.165, 1.54) is 5.56 Å². The van der Waals surface area contributed by atoms with Crippen LogP contribution in [-0.2, 0) is 11.3 Å². The Bertz CT molecular complexity index is 924. The fourth-order valence-corrected chi connectivity index (χ4v) is 3.73. The number of aryl methyl sites for hydroxylation is 2. The molecule has 1 aromatic heterocycles. The fourth-order valence-electron chi connectivity index (χ4n) is 2.46. The molecule has 0 aliphatic carbocycles. The van der Waals surface area contributed by atoms with Crippen molar-refractivity contribution in [1.29, 1.82) is 0 Å². The van der Waals surface area contributed by atoms with E-state index >= 15 is 0 Å². The number of rotatable bonds is 6. The van der Waals surface area contributed by atoms with E-state index in [0.717, 1.165) is 21.1 Å². The van der Waals surface area contributed by atoms with Gasteiger partial charge in [0.1, 0.15) is 10.8 Å². The smallest absolute Gasteiger partial charge is 0.258 e. The number of nitrogens with one attached hydrogen (secondary N) is 1. The highest BCUT2D eigenvalue weighted by Gasteiger charge is 2.12. The number of amides is 1. The number of hydrogen-bond donors (Lipinski definition) is 1. The third-order valence-electron chi connectivity index (χ3n) is 3.88. The molecule has 4 nitrogen and oxygen atoms in total. The van der Waals surface area contributed by atoms with Crippen molar-refractivity contribution in [2.45, 2.75) is 20.4 Å². The summed E-state index contributed by atoms with van der Waals surface area (Å²) < 4.78 is 5.45. The molecule has 0 bridgehead atoms. The van der Waals surface area contributed by atoms with Gasteiger partial charge in [0.25, 0.3) is 5.91 Å². The monoisotopic (exact) mass is 386 g/mol. The molecule has 3 rings (SSSR count). The van der Waals surface area contributed by atoms with Gasteiger partial charge in [-0.05, 0) is 37.6 Å². The zero-order valence-electron chi connectivity index (χ0n) is 14.6. The predicted octanol–water partition coefficient (Wildman–Crippen LogP) is 4.78. The first kappa shape index (κ1) is 18.4. The van der Waals surface area contributed by atoms with E-state index in [1.807, 2.05) is 19.1 Å². The van der Waals surface area contributed by atoms with Gasteiger partial charge < -0.3 is 10.1 Å². The molecule has 0 saturated heterocycles. The molecule has 3 aromatic rings. The average Bonchev–Trinajstić information content (AvgIpc) is 2.99. The normalized spacial score (nSPS) is 10.6. The minimum absolute atomic E-state index is 0.0527. The van der Waals surface area contributed by atoms with Crippen molar-refractivity contribution in [3.8, 4) is 16.3 Å². The molecule has 1 amide bonds. The Morgan fingerprint density at radius 3 is 2.77 bits per heavy atom. The molecule has 6 heteroatoms. The maximum atomic E-state index is 12.0. The summed E-state index contributed by atoms with van der Waals surface area (Å²) in [5, 5.41) is 4.43. The molecule has 0 aliphatic rings. The Hall–Kier alpha value is -2.37. The Kier molecular flexibility index (Phi) is 5.91. The summed E-state index contributed by atoms with van der Waals surface area (Å²) in [5.41, 5.74) is 3.25. The summed E-state index contributed by atoms with van der Waals surface area (Å²) in [7, 11) is 0. The van der Waals surface area contributed by atoms with E-state index in [-0.39, 0.29) is 12.5 Å². The third-order valence-corrected chi connectivity index (χ3v) is 5.31. The molecule has 2 aromatic carbocycles. The maximum Gasteiger partial charge on any atom is 0.258 e. The van der Waals surface area contributed by atoms with Gasteiger partial charge in [-0.3, -0.25) is 4.79 Å². The number of thiazole rings is 1. The predicted molar refractivity (Wildman–Crippen MR) is 106 cm³/mol. The second kappa shape index (κ2) is 8.34. The summed E-state index contributed by atoms with van der Waals surface area (Å²) in [6, 6.07) is 15.1. The molecule has 1 N–H and O–H groups in total. The van der Waals surface area contributed by atoms with Crippen LogP contribution >= 0.6 is 22.9 Å². The van der Waals surface area contributed by atoms with Crippen LogP contribution in [0.15, 0.2) is 48.5 Å². The molecule has 0 unspecified atom stereocenters. The Morgan fingerprint density at radius 2 is 2.00 bits per heavy atom. The first-order valence-electron chi connectivity index (χ1n) is 8.20. The number of nitrogens with zero attached hydrogens (tertiary/aromatic N) is 1. The van der Waals surface area contributed by atoms with E-state index in [4.69, 9.17) is 16.3 Å². The Labute approximate surface area is 161 Å². The average molecular weight is 387 g/mol. The van der Waals surface area contributed by atoms with Crippen LogP contribution in [0.25, 0.3) is 10.6 Å². The molecule has 134 valence electrons. The van der Waals surface area contributed by atoms with Gasteiger partial charge in [-0.15, -0.1) is 11.3 Å². The van der Waals surface area contributed by atoms with Crippen LogP contribution in [-0.4, -0.2) is 17.5 Å². The number of carbonyl (C=O) groups excluding carboxylic acids is 1. The quantitative estimate of drug-likeness (QED) is 0.663. The molecule has 0 fully saturated rings. The highest BCUT2D eigenvalue weighted by molar-refractivity contribution is 7.15. The second-order valence-corrected chi connectivity index (χ2v) is 7.39. The standard InChI is InChI=1S/C20H19ClN2O2S/c1-13-6-3-4-9-17(13)20-23-14(2)18(26-20)11-22-19(24)12-25-16-8-5-7-15(21)10-16/h3-10H,11-12H2,1-2H3,(H,22,24). The van der Waals surface area contributed by atoms with Crippen LogP contribution < -0.4 is 10.1 Å². The SMILES string of the molecule is Cc1ccccc1-c1nc(C)c(CNC(=O)COc2cccc(Cl)c2)s1. The van der Waals surface area contributed by atoms with Crippen molar-refractivity contribution in [1.82, 2.24) is 10.3 Å². The van der Waals surface area contributed by atoms with Crippen molar-refractivity contribution in [3.05, 3.63) is 69.7 Å². The van der Waals surface area contributed by atoms with Gasteiger partial charge in [0.05, 0.1) is 12.2 Å². The summed E-state index contributed by atoms with van der Waals surface area (Å²) in [4.78, 5) is 17.7. The van der Waals surface area contributed by atoms with Crippen LogP contribution in [0, 0.1) is 13.8 Å². The number of hydrogen-bond acceptors (Lipinski definition) is 4. The number of ether oxygens (including phenoxy) is 1. The molecule has 0 atom stereocenters.